The van der Waals surface area contributed by atoms with E-state index in [9.17, 15) is 9.59 Å². The molecule has 7 nitrogen and oxygen atoms in total. The Morgan fingerprint density at radius 3 is 2.35 bits per heavy atom. The van der Waals surface area contributed by atoms with Crippen molar-refractivity contribution in [3.63, 3.8) is 0 Å². The van der Waals surface area contributed by atoms with Crippen LogP contribution < -0.4 is 15.5 Å². The van der Waals surface area contributed by atoms with E-state index in [1.54, 1.807) is 24.8 Å². The molecule has 0 saturated carbocycles. The van der Waals surface area contributed by atoms with Crippen LogP contribution in [0.3, 0.4) is 0 Å². The summed E-state index contributed by atoms with van der Waals surface area (Å²) < 4.78 is 5.18. The molecular weight excluding hydrogens is 428 g/mol. The summed E-state index contributed by atoms with van der Waals surface area (Å²) in [5.41, 5.74) is 5.28. The van der Waals surface area contributed by atoms with Crippen LogP contribution >= 0.6 is 0 Å². The number of carbonyl (C=O) groups is 2. The summed E-state index contributed by atoms with van der Waals surface area (Å²) in [6.45, 7) is 6.48. The van der Waals surface area contributed by atoms with E-state index in [2.05, 4.69) is 53.5 Å². The highest BCUT2D eigenvalue weighted by atomic mass is 16.3. The predicted molar refractivity (Wildman–Crippen MR) is 134 cm³/mol. The Balaban J connectivity index is 1.38. The number of rotatable bonds is 4. The molecule has 0 unspecified atom stereocenters. The molecule has 2 aromatic carbocycles. The van der Waals surface area contributed by atoms with E-state index in [1.807, 2.05) is 30.3 Å². The Hall–Kier alpha value is -3.84. The molecule has 0 aliphatic carbocycles. The van der Waals surface area contributed by atoms with Crippen LogP contribution in [-0.4, -0.2) is 48.9 Å². The van der Waals surface area contributed by atoms with E-state index in [0.29, 0.717) is 28.8 Å². The average Bonchev–Trinajstić information content (AvgIpc) is 3.37. The number of piperazine rings is 1. The molecule has 3 aromatic rings. The molecule has 34 heavy (non-hydrogen) atoms. The minimum atomic E-state index is -0.425. The Morgan fingerprint density at radius 1 is 0.941 bits per heavy atom. The minimum absolute atomic E-state index is 0.393. The Kier molecular flexibility index (Phi) is 5.71. The first-order chi connectivity index (χ1) is 16.4. The molecule has 7 heteroatoms. The van der Waals surface area contributed by atoms with Gasteiger partial charge < -0.3 is 14.6 Å². The van der Waals surface area contributed by atoms with E-state index in [4.69, 9.17) is 4.42 Å². The van der Waals surface area contributed by atoms with Crippen molar-refractivity contribution >= 4 is 28.8 Å². The summed E-state index contributed by atoms with van der Waals surface area (Å²) in [7, 11) is 2.18. The van der Waals surface area contributed by atoms with Crippen molar-refractivity contribution in [2.45, 2.75) is 25.9 Å². The zero-order valence-electron chi connectivity index (χ0n) is 19.5. The zero-order valence-corrected chi connectivity index (χ0v) is 19.5. The van der Waals surface area contributed by atoms with Crippen LogP contribution in [-0.2, 0) is 4.79 Å². The highest BCUT2D eigenvalue weighted by Crippen LogP contribution is 2.30. The number of amides is 2. The number of nitrogens with one attached hydrogen (secondary N) is 2. The number of imide groups is 1. The third-order valence-electron chi connectivity index (χ3n) is 6.86. The van der Waals surface area contributed by atoms with Gasteiger partial charge in [0.15, 0.2) is 0 Å². The van der Waals surface area contributed by atoms with Crippen LogP contribution in [0.25, 0.3) is 16.7 Å². The van der Waals surface area contributed by atoms with Gasteiger partial charge in [-0.1, -0.05) is 6.07 Å². The Bertz CT molecular complexity index is 1240. The van der Waals surface area contributed by atoms with Crippen molar-refractivity contribution in [1.82, 2.24) is 10.2 Å². The van der Waals surface area contributed by atoms with Gasteiger partial charge in [-0.25, -0.2) is 0 Å². The molecule has 2 N–H and O–H groups in total. The fourth-order valence-corrected chi connectivity index (χ4v) is 4.62. The topological polar surface area (TPSA) is 77.8 Å². The third-order valence-corrected chi connectivity index (χ3v) is 6.86. The van der Waals surface area contributed by atoms with Crippen molar-refractivity contribution in [1.29, 1.82) is 0 Å². The summed E-state index contributed by atoms with van der Waals surface area (Å²) in [5, 5.41) is 5.65. The fraction of sp³-hybridized carbons (Fsp3) is 0.259. The summed E-state index contributed by atoms with van der Waals surface area (Å²) in [5.74, 6) is -0.817. The molecule has 2 amide bonds. The number of nitrogens with zero attached hydrogens (tertiary/aromatic N) is 2. The second kappa shape index (κ2) is 8.83. The van der Waals surface area contributed by atoms with Crippen LogP contribution in [0.15, 0.2) is 71.7 Å². The van der Waals surface area contributed by atoms with Gasteiger partial charge in [0.25, 0.3) is 11.8 Å². The molecule has 2 aliphatic rings. The number of benzene rings is 2. The minimum Gasteiger partial charge on any atom is -0.472 e. The first-order valence-corrected chi connectivity index (χ1v) is 11.5. The standard InChI is InChI=1S/C27H28N4O3/c1-17-14-31(15-18(2)30(17)3)22-7-5-21(6-8-22)28-13-25-24-12-19(20-10-11-34-16-20)4-9-23(24)26(32)29-27(25)33/h4-13,16-18,28H,14-15H2,1-3H3,(H,29,32,33)/b25-13-/t17-,18+. The number of fused-ring (bicyclic) bond motifs is 1. The summed E-state index contributed by atoms with van der Waals surface area (Å²) >= 11 is 0. The second-order valence-corrected chi connectivity index (χ2v) is 9.07. The molecule has 1 fully saturated rings. The molecule has 2 atom stereocenters. The van der Waals surface area contributed by atoms with Crippen LogP contribution in [0, 0.1) is 0 Å². The zero-order chi connectivity index (χ0) is 23.8. The number of hydrogen-bond donors (Lipinski definition) is 2. The highest BCUT2D eigenvalue weighted by molar-refractivity contribution is 6.31. The maximum absolute atomic E-state index is 12.7. The number of hydrogen-bond acceptors (Lipinski definition) is 6. The number of likely N-dealkylation sites (N-methyl/N-ethyl adjacent to an activating group) is 1. The predicted octanol–water partition coefficient (Wildman–Crippen LogP) is 4.20. The average molecular weight is 457 g/mol. The summed E-state index contributed by atoms with van der Waals surface area (Å²) in [6, 6.07) is 16.5. The lowest BCUT2D eigenvalue weighted by Gasteiger charge is -2.43. The van der Waals surface area contributed by atoms with Crippen molar-refractivity contribution in [2.75, 3.05) is 30.4 Å². The van der Waals surface area contributed by atoms with Crippen molar-refractivity contribution in [2.24, 2.45) is 0 Å². The molecule has 3 heterocycles. The summed E-state index contributed by atoms with van der Waals surface area (Å²) in [6.07, 6.45) is 4.89. The molecule has 1 saturated heterocycles. The van der Waals surface area contributed by atoms with Gasteiger partial charge in [0.2, 0.25) is 0 Å². The van der Waals surface area contributed by atoms with Gasteiger partial charge in [-0.15, -0.1) is 0 Å². The van der Waals surface area contributed by atoms with Gasteiger partial charge in [-0.2, -0.15) is 0 Å². The molecular formula is C27H28N4O3. The molecule has 174 valence electrons. The lowest BCUT2D eigenvalue weighted by Crippen LogP contribution is -2.55. The van der Waals surface area contributed by atoms with Gasteiger partial charge >= 0.3 is 0 Å². The van der Waals surface area contributed by atoms with Crippen molar-refractivity contribution in [3.8, 4) is 11.1 Å². The molecule has 0 bridgehead atoms. The molecule has 2 aliphatic heterocycles. The van der Waals surface area contributed by atoms with Gasteiger partial charge in [-0.3, -0.25) is 19.8 Å². The smallest absolute Gasteiger partial charge is 0.260 e. The largest absolute Gasteiger partial charge is 0.472 e. The second-order valence-electron chi connectivity index (χ2n) is 9.07. The molecule has 1 aromatic heterocycles. The van der Waals surface area contributed by atoms with Gasteiger partial charge in [0, 0.05) is 59.4 Å². The van der Waals surface area contributed by atoms with Gasteiger partial charge in [0.05, 0.1) is 18.1 Å². The van der Waals surface area contributed by atoms with Crippen LogP contribution in [0.5, 0.6) is 0 Å². The van der Waals surface area contributed by atoms with E-state index in [1.165, 1.54) is 5.69 Å². The van der Waals surface area contributed by atoms with Crippen LogP contribution in [0.2, 0.25) is 0 Å². The quantitative estimate of drug-likeness (QED) is 0.453. The lowest BCUT2D eigenvalue weighted by atomic mass is 9.92. The molecule has 0 spiro atoms. The van der Waals surface area contributed by atoms with E-state index in [-0.39, 0.29) is 0 Å². The Morgan fingerprint density at radius 2 is 1.68 bits per heavy atom. The fourth-order valence-electron chi connectivity index (χ4n) is 4.62. The SMILES string of the molecule is C[C@@H]1CN(c2ccc(N/C=C3\C(=O)NC(=O)c4ccc(-c5ccoc5)cc43)cc2)C[C@H](C)N1C. The first kappa shape index (κ1) is 22.0. The highest BCUT2D eigenvalue weighted by Gasteiger charge is 2.28. The molecule has 0 radical (unpaired) electrons. The monoisotopic (exact) mass is 456 g/mol. The van der Waals surface area contributed by atoms with E-state index in [0.717, 1.165) is 29.9 Å². The molecule has 5 rings (SSSR count). The van der Waals surface area contributed by atoms with Crippen molar-refractivity contribution < 1.29 is 14.0 Å². The maximum Gasteiger partial charge on any atom is 0.260 e. The number of furan rings is 1. The van der Waals surface area contributed by atoms with E-state index >= 15 is 0 Å². The maximum atomic E-state index is 12.7. The van der Waals surface area contributed by atoms with Crippen LogP contribution in [0.4, 0.5) is 11.4 Å². The first-order valence-electron chi connectivity index (χ1n) is 11.5. The summed E-state index contributed by atoms with van der Waals surface area (Å²) in [4.78, 5) is 29.8. The van der Waals surface area contributed by atoms with Crippen LogP contribution in [0.1, 0.15) is 29.8 Å². The number of anilines is 2. The third kappa shape index (κ3) is 4.10. The Labute approximate surface area is 199 Å². The van der Waals surface area contributed by atoms with Crippen molar-refractivity contribution in [3.05, 3.63) is 78.4 Å². The van der Waals surface area contributed by atoms with Gasteiger partial charge in [0.1, 0.15) is 0 Å². The number of carbonyl (C=O) groups excluding carboxylic acids is 2. The normalized spacial score (nSPS) is 22.0. The van der Waals surface area contributed by atoms with Gasteiger partial charge in [-0.05, 0) is 68.9 Å². The van der Waals surface area contributed by atoms with E-state index < -0.39 is 11.8 Å². The lowest BCUT2D eigenvalue weighted by molar-refractivity contribution is -0.114.